The molecule has 1 N–H and O–H groups in total. The molecule has 20 heavy (non-hydrogen) atoms. The molecule has 0 bridgehead atoms. The van der Waals surface area contributed by atoms with Crippen LogP contribution in [0.3, 0.4) is 0 Å². The minimum absolute atomic E-state index is 0.723. The monoisotopic (exact) mass is 290 g/mol. The summed E-state index contributed by atoms with van der Waals surface area (Å²) in [5.74, 6) is 0. The first kappa shape index (κ1) is 13.3. The Kier molecular flexibility index (Phi) is 3.84. The number of piperidine rings is 1. The van der Waals surface area contributed by atoms with Gasteiger partial charge >= 0.3 is 0 Å². The summed E-state index contributed by atoms with van der Waals surface area (Å²) in [7, 11) is 0. The second kappa shape index (κ2) is 5.78. The smallest absolute Gasteiger partial charge is 0.0362 e. The van der Waals surface area contributed by atoms with E-state index in [1.807, 2.05) is 11.3 Å². The molecule has 3 heteroatoms. The summed E-state index contributed by atoms with van der Waals surface area (Å²) >= 11 is 1.98. The Morgan fingerprint density at radius 3 is 2.90 bits per heavy atom. The van der Waals surface area contributed by atoms with Gasteiger partial charge in [0.2, 0.25) is 0 Å². The van der Waals surface area contributed by atoms with E-state index in [1.54, 1.807) is 10.4 Å². The number of hydrogen-bond acceptors (Lipinski definition) is 3. The lowest BCUT2D eigenvalue weighted by molar-refractivity contribution is 0.143. The quantitative estimate of drug-likeness (QED) is 0.909. The van der Waals surface area contributed by atoms with Crippen LogP contribution in [0.4, 0.5) is 0 Å². The summed E-state index contributed by atoms with van der Waals surface area (Å²) in [6, 6.07) is 4.76. The van der Waals surface area contributed by atoms with Gasteiger partial charge in [0.15, 0.2) is 0 Å². The van der Waals surface area contributed by atoms with E-state index in [0.29, 0.717) is 0 Å². The van der Waals surface area contributed by atoms with E-state index in [2.05, 4.69) is 21.7 Å². The van der Waals surface area contributed by atoms with Gasteiger partial charge in [0, 0.05) is 29.5 Å². The molecule has 1 aromatic rings. The molecule has 3 aliphatic rings. The van der Waals surface area contributed by atoms with Gasteiger partial charge in [0.05, 0.1) is 0 Å². The van der Waals surface area contributed by atoms with Crippen molar-refractivity contribution in [2.24, 2.45) is 0 Å². The highest BCUT2D eigenvalue weighted by atomic mass is 32.1. The van der Waals surface area contributed by atoms with Gasteiger partial charge in [-0.25, -0.2) is 0 Å². The molecule has 0 aromatic carbocycles. The van der Waals surface area contributed by atoms with Crippen LogP contribution in [0.25, 0.3) is 0 Å². The maximum absolute atomic E-state index is 3.75. The van der Waals surface area contributed by atoms with Gasteiger partial charge in [-0.3, -0.25) is 4.90 Å². The van der Waals surface area contributed by atoms with Crippen LogP contribution in [-0.2, 0) is 6.42 Å². The van der Waals surface area contributed by atoms with Crippen molar-refractivity contribution in [1.82, 2.24) is 10.2 Å². The molecule has 4 rings (SSSR count). The molecule has 110 valence electrons. The lowest BCUT2D eigenvalue weighted by Gasteiger charge is -2.38. The number of nitrogens with one attached hydrogen (secondary N) is 1. The number of aryl methyl sites for hydroxylation is 1. The highest BCUT2D eigenvalue weighted by Crippen LogP contribution is 2.42. The second-order valence-electron chi connectivity index (χ2n) is 6.78. The standard InChI is InChI=1S/C17H26N2S/c1-2-10-18-13(4-1)12-19(14-7-8-14)16-5-3-6-17-15(16)9-11-20-17/h9,11,13-14,16,18H,1-8,10,12H2. The Hall–Kier alpha value is -0.380. The zero-order valence-corrected chi connectivity index (χ0v) is 13.1. The average molecular weight is 290 g/mol. The van der Waals surface area contributed by atoms with Gasteiger partial charge in [0.1, 0.15) is 0 Å². The number of hydrogen-bond donors (Lipinski definition) is 1. The van der Waals surface area contributed by atoms with Gasteiger partial charge in [0.25, 0.3) is 0 Å². The predicted molar refractivity (Wildman–Crippen MR) is 85.4 cm³/mol. The molecule has 2 fully saturated rings. The molecule has 2 aliphatic carbocycles. The SMILES string of the molecule is c1cc2c(s1)CCCC2N(CC1CCCCN1)C1CC1. The van der Waals surface area contributed by atoms with Crippen molar-refractivity contribution in [3.05, 3.63) is 21.9 Å². The molecule has 2 nitrogen and oxygen atoms in total. The average Bonchev–Trinajstić information content (AvgIpc) is 3.22. The molecule has 1 saturated heterocycles. The lowest BCUT2D eigenvalue weighted by Crippen LogP contribution is -2.46. The van der Waals surface area contributed by atoms with Crippen molar-refractivity contribution in [3.63, 3.8) is 0 Å². The Morgan fingerprint density at radius 1 is 1.15 bits per heavy atom. The fourth-order valence-electron chi connectivity index (χ4n) is 4.08. The molecule has 0 amide bonds. The first-order valence-electron chi connectivity index (χ1n) is 8.47. The van der Waals surface area contributed by atoms with E-state index in [0.717, 1.165) is 18.1 Å². The lowest BCUT2D eigenvalue weighted by atomic mass is 9.91. The third-order valence-electron chi connectivity index (χ3n) is 5.28. The number of rotatable bonds is 4. The van der Waals surface area contributed by atoms with Crippen LogP contribution in [0.15, 0.2) is 11.4 Å². The zero-order chi connectivity index (χ0) is 13.4. The summed E-state index contributed by atoms with van der Waals surface area (Å²) in [5, 5.41) is 6.06. The summed E-state index contributed by atoms with van der Waals surface area (Å²) < 4.78 is 0. The molecule has 1 aromatic heterocycles. The molecule has 1 aliphatic heterocycles. The molecule has 1 saturated carbocycles. The normalized spacial score (nSPS) is 30.4. The first-order chi connectivity index (χ1) is 9.92. The Labute approximate surface area is 126 Å². The van der Waals surface area contributed by atoms with E-state index >= 15 is 0 Å². The molecule has 2 atom stereocenters. The van der Waals surface area contributed by atoms with Gasteiger partial charge in [-0.2, -0.15) is 0 Å². The molecule has 0 spiro atoms. The Bertz CT molecular complexity index is 446. The number of fused-ring (bicyclic) bond motifs is 1. The van der Waals surface area contributed by atoms with E-state index < -0.39 is 0 Å². The largest absolute Gasteiger partial charge is 0.313 e. The van der Waals surface area contributed by atoms with Crippen molar-refractivity contribution in [2.45, 2.75) is 69.5 Å². The maximum Gasteiger partial charge on any atom is 0.0362 e. The Morgan fingerprint density at radius 2 is 2.10 bits per heavy atom. The highest BCUT2D eigenvalue weighted by Gasteiger charge is 2.37. The fourth-order valence-corrected chi connectivity index (χ4v) is 5.06. The van der Waals surface area contributed by atoms with Crippen molar-refractivity contribution in [3.8, 4) is 0 Å². The van der Waals surface area contributed by atoms with Crippen molar-refractivity contribution in [1.29, 1.82) is 0 Å². The summed E-state index contributed by atoms with van der Waals surface area (Å²) in [6.07, 6.45) is 11.1. The van der Waals surface area contributed by atoms with Crippen molar-refractivity contribution in [2.75, 3.05) is 13.1 Å². The highest BCUT2D eigenvalue weighted by molar-refractivity contribution is 7.10. The summed E-state index contributed by atoms with van der Waals surface area (Å²) in [5.41, 5.74) is 1.67. The van der Waals surface area contributed by atoms with E-state index in [9.17, 15) is 0 Å². The molecule has 2 unspecified atom stereocenters. The van der Waals surface area contributed by atoms with E-state index in [-0.39, 0.29) is 0 Å². The van der Waals surface area contributed by atoms with Crippen LogP contribution in [0.5, 0.6) is 0 Å². The summed E-state index contributed by atoms with van der Waals surface area (Å²) in [4.78, 5) is 4.54. The van der Waals surface area contributed by atoms with Gasteiger partial charge in [-0.15, -0.1) is 11.3 Å². The van der Waals surface area contributed by atoms with Gasteiger partial charge in [-0.05, 0) is 68.5 Å². The van der Waals surface area contributed by atoms with E-state index in [4.69, 9.17) is 0 Å². The van der Waals surface area contributed by atoms with Crippen LogP contribution in [0.2, 0.25) is 0 Å². The topological polar surface area (TPSA) is 15.3 Å². The van der Waals surface area contributed by atoms with Gasteiger partial charge in [-0.1, -0.05) is 6.42 Å². The van der Waals surface area contributed by atoms with E-state index in [1.165, 1.54) is 64.5 Å². The first-order valence-corrected chi connectivity index (χ1v) is 9.35. The second-order valence-corrected chi connectivity index (χ2v) is 7.78. The minimum atomic E-state index is 0.723. The van der Waals surface area contributed by atoms with Crippen molar-refractivity contribution < 1.29 is 0 Å². The predicted octanol–water partition coefficient (Wildman–Crippen LogP) is 3.73. The van der Waals surface area contributed by atoms with Gasteiger partial charge < -0.3 is 5.32 Å². The Balaban J connectivity index is 1.51. The third kappa shape index (κ3) is 2.68. The summed E-state index contributed by atoms with van der Waals surface area (Å²) in [6.45, 7) is 2.52. The van der Waals surface area contributed by atoms with Crippen LogP contribution >= 0.6 is 11.3 Å². The molecular formula is C17H26N2S. The third-order valence-corrected chi connectivity index (χ3v) is 6.28. The van der Waals surface area contributed by atoms with Crippen LogP contribution in [-0.4, -0.2) is 30.1 Å². The van der Waals surface area contributed by atoms with Crippen LogP contribution in [0.1, 0.15) is 61.4 Å². The van der Waals surface area contributed by atoms with Crippen molar-refractivity contribution >= 4 is 11.3 Å². The zero-order valence-electron chi connectivity index (χ0n) is 12.3. The number of nitrogens with zero attached hydrogens (tertiary/aromatic N) is 1. The minimum Gasteiger partial charge on any atom is -0.313 e. The number of thiophene rings is 1. The molecule has 2 heterocycles. The fraction of sp³-hybridized carbons (Fsp3) is 0.765. The maximum atomic E-state index is 3.75. The molecular weight excluding hydrogens is 264 g/mol. The molecule has 0 radical (unpaired) electrons. The van der Waals surface area contributed by atoms with Crippen LogP contribution in [0, 0.1) is 0 Å². The van der Waals surface area contributed by atoms with Crippen LogP contribution < -0.4 is 5.32 Å².